The molecule has 1 aromatic rings. The van der Waals surface area contributed by atoms with E-state index in [2.05, 4.69) is 4.74 Å². The average Bonchev–Trinajstić information content (AvgIpc) is 2.28. The first-order valence-corrected chi connectivity index (χ1v) is 4.90. The molecule has 0 aliphatic heterocycles. The average molecular weight is 224 g/mol. The number of aryl methyl sites for hydroxylation is 1. The first-order valence-electron chi connectivity index (χ1n) is 4.90. The highest BCUT2D eigenvalue weighted by molar-refractivity contribution is 5.97. The van der Waals surface area contributed by atoms with E-state index in [1.807, 2.05) is 0 Å². The molecule has 1 aromatic carbocycles. The predicted molar refractivity (Wildman–Crippen MR) is 56.7 cm³/mol. The molecule has 0 heterocycles. The Labute approximate surface area is 93.2 Å². The van der Waals surface area contributed by atoms with Crippen LogP contribution in [0.5, 0.6) is 0 Å². The number of Topliss-reactive ketones (excluding diaryl/α,β-unsaturated/α-hetero) is 1. The fraction of sp³-hybridized carbons (Fsp3) is 0.333. The van der Waals surface area contributed by atoms with Gasteiger partial charge < -0.3 is 4.74 Å². The summed E-state index contributed by atoms with van der Waals surface area (Å²) in [7, 11) is 1.25. The highest BCUT2D eigenvalue weighted by Crippen LogP contribution is 2.13. The Morgan fingerprint density at radius 2 is 2.00 bits per heavy atom. The van der Waals surface area contributed by atoms with Crippen LogP contribution in [0.15, 0.2) is 18.2 Å². The molecule has 0 aliphatic rings. The standard InChI is InChI=1S/C12H13FO3/c1-8-3-4-10(13)9(7-8)11(14)5-6-12(15)16-2/h3-4,7H,5-6H2,1-2H3. The Balaban J connectivity index is 2.73. The molecule has 0 amide bonds. The van der Waals surface area contributed by atoms with Crippen LogP contribution in [-0.4, -0.2) is 18.9 Å². The molecule has 0 N–H and O–H groups in total. The third-order valence-corrected chi connectivity index (χ3v) is 2.21. The van der Waals surface area contributed by atoms with Gasteiger partial charge in [0.1, 0.15) is 5.82 Å². The monoisotopic (exact) mass is 224 g/mol. The molecule has 0 spiro atoms. The van der Waals surface area contributed by atoms with Gasteiger partial charge in [0.15, 0.2) is 5.78 Å². The number of ketones is 1. The molecule has 0 atom stereocenters. The molecule has 0 saturated carbocycles. The summed E-state index contributed by atoms with van der Waals surface area (Å²) in [5.41, 5.74) is 0.840. The number of hydrogen-bond donors (Lipinski definition) is 0. The van der Waals surface area contributed by atoms with Crippen molar-refractivity contribution in [3.63, 3.8) is 0 Å². The minimum Gasteiger partial charge on any atom is -0.469 e. The molecule has 1 rings (SSSR count). The Morgan fingerprint density at radius 3 is 2.62 bits per heavy atom. The molecule has 0 fully saturated rings. The summed E-state index contributed by atoms with van der Waals surface area (Å²) >= 11 is 0. The van der Waals surface area contributed by atoms with Gasteiger partial charge >= 0.3 is 5.97 Å². The van der Waals surface area contributed by atoms with Gasteiger partial charge in [-0.1, -0.05) is 11.6 Å². The summed E-state index contributed by atoms with van der Waals surface area (Å²) in [4.78, 5) is 22.4. The lowest BCUT2D eigenvalue weighted by molar-refractivity contribution is -0.140. The van der Waals surface area contributed by atoms with Crippen molar-refractivity contribution in [2.75, 3.05) is 7.11 Å². The van der Waals surface area contributed by atoms with Crippen molar-refractivity contribution in [3.05, 3.63) is 35.1 Å². The quantitative estimate of drug-likeness (QED) is 0.582. The largest absolute Gasteiger partial charge is 0.469 e. The molecule has 0 bridgehead atoms. The number of carbonyl (C=O) groups is 2. The fourth-order valence-electron chi connectivity index (χ4n) is 1.31. The first-order chi connectivity index (χ1) is 7.54. The van der Waals surface area contributed by atoms with Gasteiger partial charge in [-0.05, 0) is 19.1 Å². The number of ether oxygens (including phenoxy) is 1. The third kappa shape index (κ3) is 3.15. The van der Waals surface area contributed by atoms with E-state index in [1.165, 1.54) is 19.2 Å². The van der Waals surface area contributed by atoms with Gasteiger partial charge in [0, 0.05) is 6.42 Å². The van der Waals surface area contributed by atoms with E-state index < -0.39 is 11.8 Å². The van der Waals surface area contributed by atoms with Crippen LogP contribution < -0.4 is 0 Å². The smallest absolute Gasteiger partial charge is 0.305 e. The second-order valence-corrected chi connectivity index (χ2v) is 3.48. The van der Waals surface area contributed by atoms with Crippen molar-refractivity contribution in [2.24, 2.45) is 0 Å². The summed E-state index contributed by atoms with van der Waals surface area (Å²) in [5, 5.41) is 0. The number of halogens is 1. The van der Waals surface area contributed by atoms with Crippen molar-refractivity contribution in [2.45, 2.75) is 19.8 Å². The van der Waals surface area contributed by atoms with E-state index in [0.29, 0.717) is 0 Å². The van der Waals surface area contributed by atoms with Crippen LogP contribution in [0, 0.1) is 12.7 Å². The topological polar surface area (TPSA) is 43.4 Å². The van der Waals surface area contributed by atoms with E-state index in [9.17, 15) is 14.0 Å². The zero-order valence-electron chi connectivity index (χ0n) is 9.25. The summed E-state index contributed by atoms with van der Waals surface area (Å²) < 4.78 is 17.7. The number of benzene rings is 1. The lowest BCUT2D eigenvalue weighted by Gasteiger charge is -2.03. The molecule has 0 aromatic heterocycles. The molecule has 3 nitrogen and oxygen atoms in total. The fourth-order valence-corrected chi connectivity index (χ4v) is 1.31. The maximum Gasteiger partial charge on any atom is 0.305 e. The van der Waals surface area contributed by atoms with Crippen LogP contribution in [0.2, 0.25) is 0 Å². The van der Waals surface area contributed by atoms with Crippen LogP contribution in [0.25, 0.3) is 0 Å². The summed E-state index contributed by atoms with van der Waals surface area (Å²) in [5.74, 6) is -1.41. The second-order valence-electron chi connectivity index (χ2n) is 3.48. The SMILES string of the molecule is COC(=O)CCC(=O)c1cc(C)ccc1F. The molecular weight excluding hydrogens is 211 g/mol. The summed E-state index contributed by atoms with van der Waals surface area (Å²) in [6.07, 6.45) is -0.0598. The van der Waals surface area contributed by atoms with Crippen molar-refractivity contribution in [1.82, 2.24) is 0 Å². The van der Waals surface area contributed by atoms with Crippen molar-refractivity contribution >= 4 is 11.8 Å². The van der Waals surface area contributed by atoms with Crippen LogP contribution in [-0.2, 0) is 9.53 Å². The van der Waals surface area contributed by atoms with Gasteiger partial charge in [0.25, 0.3) is 0 Å². The second kappa shape index (κ2) is 5.39. The highest BCUT2D eigenvalue weighted by Gasteiger charge is 2.13. The number of hydrogen-bond acceptors (Lipinski definition) is 3. The van der Waals surface area contributed by atoms with Crippen LogP contribution >= 0.6 is 0 Å². The lowest BCUT2D eigenvalue weighted by Crippen LogP contribution is -2.07. The van der Waals surface area contributed by atoms with Gasteiger partial charge in [-0.25, -0.2) is 4.39 Å². The maximum atomic E-state index is 13.3. The van der Waals surface area contributed by atoms with Gasteiger partial charge in [-0.3, -0.25) is 9.59 Å². The van der Waals surface area contributed by atoms with Gasteiger partial charge in [-0.2, -0.15) is 0 Å². The zero-order chi connectivity index (χ0) is 12.1. The predicted octanol–water partition coefficient (Wildman–Crippen LogP) is 2.27. The Hall–Kier alpha value is -1.71. The van der Waals surface area contributed by atoms with Crippen LogP contribution in [0.4, 0.5) is 4.39 Å². The van der Waals surface area contributed by atoms with E-state index in [1.54, 1.807) is 13.0 Å². The first kappa shape index (κ1) is 12.4. The Morgan fingerprint density at radius 1 is 1.31 bits per heavy atom. The number of rotatable bonds is 4. The molecule has 0 saturated heterocycles. The molecule has 0 unspecified atom stereocenters. The molecule has 0 radical (unpaired) electrons. The Bertz CT molecular complexity index is 413. The van der Waals surface area contributed by atoms with Crippen molar-refractivity contribution < 1.29 is 18.7 Å². The summed E-state index contributed by atoms with van der Waals surface area (Å²) in [6.45, 7) is 1.77. The van der Waals surface area contributed by atoms with Crippen molar-refractivity contribution in [1.29, 1.82) is 0 Å². The number of methoxy groups -OCH3 is 1. The maximum absolute atomic E-state index is 13.3. The van der Waals surface area contributed by atoms with E-state index in [0.717, 1.165) is 5.56 Å². The molecule has 16 heavy (non-hydrogen) atoms. The van der Waals surface area contributed by atoms with E-state index >= 15 is 0 Å². The zero-order valence-corrected chi connectivity index (χ0v) is 9.25. The third-order valence-electron chi connectivity index (χ3n) is 2.21. The van der Waals surface area contributed by atoms with Crippen LogP contribution in [0.1, 0.15) is 28.8 Å². The molecule has 4 heteroatoms. The van der Waals surface area contributed by atoms with E-state index in [-0.39, 0.29) is 24.2 Å². The molecule has 0 aliphatic carbocycles. The van der Waals surface area contributed by atoms with Gasteiger partial charge in [0.2, 0.25) is 0 Å². The number of esters is 1. The van der Waals surface area contributed by atoms with Crippen LogP contribution in [0.3, 0.4) is 0 Å². The van der Waals surface area contributed by atoms with Crippen molar-refractivity contribution in [3.8, 4) is 0 Å². The molecular formula is C12H13FO3. The van der Waals surface area contributed by atoms with E-state index in [4.69, 9.17) is 0 Å². The minimum atomic E-state index is -0.555. The molecule has 86 valence electrons. The number of carbonyl (C=O) groups excluding carboxylic acids is 2. The van der Waals surface area contributed by atoms with Gasteiger partial charge in [-0.15, -0.1) is 0 Å². The Kier molecular flexibility index (Phi) is 4.17. The van der Waals surface area contributed by atoms with Gasteiger partial charge in [0.05, 0.1) is 19.1 Å². The normalized spacial score (nSPS) is 9.94. The summed E-state index contributed by atoms with van der Waals surface area (Å²) in [6, 6.07) is 4.32. The minimum absolute atomic E-state index is 0.0251. The highest BCUT2D eigenvalue weighted by atomic mass is 19.1. The lowest BCUT2D eigenvalue weighted by atomic mass is 10.0.